The lowest BCUT2D eigenvalue weighted by atomic mass is 9.95. The van der Waals surface area contributed by atoms with Crippen LogP contribution in [-0.2, 0) is 0 Å². The van der Waals surface area contributed by atoms with Crippen molar-refractivity contribution in [2.45, 2.75) is 0 Å². The molecule has 0 bridgehead atoms. The largest absolute Gasteiger partial charge is 0.278 e. The van der Waals surface area contributed by atoms with Crippen LogP contribution < -0.4 is 0 Å². The highest BCUT2D eigenvalue weighted by Gasteiger charge is 2.27. The zero-order valence-electron chi connectivity index (χ0n) is 18.3. The second-order valence-corrected chi connectivity index (χ2v) is 9.62. The molecule has 0 atom stereocenters. The van der Waals surface area contributed by atoms with Crippen molar-refractivity contribution >= 4 is 66.0 Å². The van der Waals surface area contributed by atoms with E-state index in [-0.39, 0.29) is 11.4 Å². The Morgan fingerprint density at radius 2 is 0.944 bits per heavy atom. The van der Waals surface area contributed by atoms with Crippen LogP contribution in [0, 0.1) is 20.2 Å². The van der Waals surface area contributed by atoms with Gasteiger partial charge in [0.25, 0.3) is 11.4 Å². The summed E-state index contributed by atoms with van der Waals surface area (Å²) >= 11 is 6.96. The van der Waals surface area contributed by atoms with Crippen molar-refractivity contribution in [2.75, 3.05) is 0 Å². The number of hydrogen-bond donors (Lipinski definition) is 0. The minimum atomic E-state index is -0.446. The number of nitrogens with zero attached hydrogens (tertiary/aromatic N) is 4. The van der Waals surface area contributed by atoms with Gasteiger partial charge in [-0.15, -0.1) is 0 Å². The van der Waals surface area contributed by atoms with Crippen LogP contribution in [0.5, 0.6) is 0 Å². The summed E-state index contributed by atoms with van der Waals surface area (Å²) < 4.78 is 1.46. The summed E-state index contributed by atoms with van der Waals surface area (Å²) in [6.45, 7) is 0. The van der Waals surface area contributed by atoms with E-state index in [4.69, 9.17) is 9.98 Å². The average molecular weight is 606 g/mol. The van der Waals surface area contributed by atoms with Gasteiger partial charge in [-0.25, -0.2) is 9.98 Å². The maximum Gasteiger partial charge on any atom is 0.278 e. The van der Waals surface area contributed by atoms with Gasteiger partial charge in [0, 0.05) is 32.2 Å². The van der Waals surface area contributed by atoms with Gasteiger partial charge in [0.05, 0.1) is 43.8 Å². The summed E-state index contributed by atoms with van der Waals surface area (Å²) in [4.78, 5) is 32.7. The third kappa shape index (κ3) is 4.36. The molecule has 8 nitrogen and oxygen atoms in total. The average Bonchev–Trinajstić information content (AvgIpc) is 2.86. The van der Waals surface area contributed by atoms with Crippen LogP contribution in [0.15, 0.2) is 104 Å². The van der Waals surface area contributed by atoms with Crippen molar-refractivity contribution in [3.05, 3.63) is 136 Å². The van der Waals surface area contributed by atoms with Crippen molar-refractivity contribution in [3.63, 3.8) is 0 Å². The molecule has 0 saturated heterocycles. The molecule has 1 aliphatic rings. The number of para-hydroxylation sites is 2. The van der Waals surface area contributed by atoms with Crippen molar-refractivity contribution < 1.29 is 9.85 Å². The molecule has 5 rings (SSSR count). The number of fused-ring (bicyclic) bond motifs is 2. The fourth-order valence-corrected chi connectivity index (χ4v) is 4.75. The van der Waals surface area contributed by atoms with E-state index in [0.717, 1.165) is 8.95 Å². The summed E-state index contributed by atoms with van der Waals surface area (Å²) in [5.74, 6) is 0. The highest BCUT2D eigenvalue weighted by molar-refractivity contribution is 9.10. The van der Waals surface area contributed by atoms with Gasteiger partial charge in [-0.1, -0.05) is 56.1 Å². The van der Waals surface area contributed by atoms with Crippen LogP contribution in [0.25, 0.3) is 0 Å². The highest BCUT2D eigenvalue weighted by atomic mass is 79.9. The summed E-state index contributed by atoms with van der Waals surface area (Å²) in [6, 6.07) is 23.4. The number of aliphatic imine (C=N–C) groups is 2. The van der Waals surface area contributed by atoms with Crippen molar-refractivity contribution in [3.8, 4) is 0 Å². The van der Waals surface area contributed by atoms with Gasteiger partial charge in [-0.05, 0) is 48.5 Å². The van der Waals surface area contributed by atoms with Crippen molar-refractivity contribution in [2.24, 2.45) is 9.98 Å². The molecule has 10 heteroatoms. The number of rotatable bonds is 4. The molecule has 0 fully saturated rings. The lowest BCUT2D eigenvalue weighted by Crippen LogP contribution is -2.12. The van der Waals surface area contributed by atoms with Gasteiger partial charge >= 0.3 is 0 Å². The minimum absolute atomic E-state index is 0.0932. The Kier molecular flexibility index (Phi) is 6.29. The second kappa shape index (κ2) is 9.56. The van der Waals surface area contributed by atoms with Crippen LogP contribution >= 0.6 is 31.9 Å². The van der Waals surface area contributed by atoms with E-state index in [1.165, 1.54) is 12.1 Å². The smallest absolute Gasteiger partial charge is 0.258 e. The maximum atomic E-state index is 11.9. The molecule has 0 spiro atoms. The van der Waals surface area contributed by atoms with Crippen LogP contribution in [0.1, 0.15) is 22.3 Å². The normalized spacial score (nSPS) is 12.4. The molecule has 36 heavy (non-hydrogen) atoms. The van der Waals surface area contributed by atoms with E-state index in [1.54, 1.807) is 72.8 Å². The van der Waals surface area contributed by atoms with Gasteiger partial charge in [0.1, 0.15) is 0 Å². The zero-order valence-corrected chi connectivity index (χ0v) is 21.4. The molecule has 0 saturated carbocycles. The summed E-state index contributed by atoms with van der Waals surface area (Å²) in [7, 11) is 0. The lowest BCUT2D eigenvalue weighted by Gasteiger charge is -2.18. The standard InChI is InChI=1S/C26H14Br2N4O4/c27-15-9-11-21-19(13-15)25(17-5-1-3-7-23(17)31(33)34)29-22-12-10-16(28)14-20(22)26(30-21)18-6-2-4-8-24(18)32(35)36/h1-14H. The molecule has 176 valence electrons. The first-order valence-corrected chi connectivity index (χ1v) is 12.2. The molecular weight excluding hydrogens is 592 g/mol. The predicted molar refractivity (Wildman–Crippen MR) is 145 cm³/mol. The van der Waals surface area contributed by atoms with E-state index in [0.29, 0.717) is 45.1 Å². The number of nitro benzene ring substituents is 2. The maximum absolute atomic E-state index is 11.9. The number of nitro groups is 2. The third-order valence-electron chi connectivity index (χ3n) is 5.60. The fourth-order valence-electron chi connectivity index (χ4n) is 4.03. The van der Waals surface area contributed by atoms with Crippen LogP contribution in [0.4, 0.5) is 22.7 Å². The van der Waals surface area contributed by atoms with E-state index >= 15 is 0 Å². The second-order valence-electron chi connectivity index (χ2n) is 7.79. The van der Waals surface area contributed by atoms with Gasteiger partial charge < -0.3 is 0 Å². The van der Waals surface area contributed by atoms with Crippen LogP contribution in [-0.4, -0.2) is 21.3 Å². The first-order valence-electron chi connectivity index (χ1n) is 10.6. The third-order valence-corrected chi connectivity index (χ3v) is 6.59. The highest BCUT2D eigenvalue weighted by Crippen LogP contribution is 2.38. The van der Waals surface area contributed by atoms with E-state index in [2.05, 4.69) is 31.9 Å². The SMILES string of the molecule is O=[N+]([O-])c1ccccc1C1=Nc2ccc(Br)cc2C(c2ccccc2[N+](=O)[O-])=Nc2ccc(Br)cc21. The lowest BCUT2D eigenvalue weighted by molar-refractivity contribution is -0.385. The summed E-state index contributed by atoms with van der Waals surface area (Å²) in [5, 5.41) is 23.7. The van der Waals surface area contributed by atoms with Crippen LogP contribution in [0.2, 0.25) is 0 Å². The van der Waals surface area contributed by atoms with E-state index in [1.807, 2.05) is 0 Å². The van der Waals surface area contributed by atoms with E-state index in [9.17, 15) is 20.2 Å². The Bertz CT molecular complexity index is 1510. The Morgan fingerprint density at radius 3 is 1.33 bits per heavy atom. The van der Waals surface area contributed by atoms with Gasteiger partial charge in [0.2, 0.25) is 0 Å². The first-order chi connectivity index (χ1) is 17.3. The molecular formula is C26H14Br2N4O4. The fraction of sp³-hybridized carbons (Fsp3) is 0. The number of halogens is 2. The molecule has 0 amide bonds. The Balaban J connectivity index is 1.90. The summed E-state index contributed by atoms with van der Waals surface area (Å²) in [5.41, 5.74) is 3.24. The van der Waals surface area contributed by atoms with E-state index < -0.39 is 9.85 Å². The topological polar surface area (TPSA) is 111 Å². The Labute approximate surface area is 221 Å². The molecule has 4 aromatic carbocycles. The molecule has 0 radical (unpaired) electrons. The molecule has 1 heterocycles. The molecule has 0 unspecified atom stereocenters. The Hall–Kier alpha value is -4.02. The van der Waals surface area contributed by atoms with Crippen LogP contribution in [0.3, 0.4) is 0 Å². The minimum Gasteiger partial charge on any atom is -0.258 e. The van der Waals surface area contributed by atoms with Gasteiger partial charge in [0.15, 0.2) is 0 Å². The molecule has 0 N–H and O–H groups in total. The molecule has 0 aromatic heterocycles. The Morgan fingerprint density at radius 1 is 0.556 bits per heavy atom. The van der Waals surface area contributed by atoms with Crippen molar-refractivity contribution in [1.29, 1.82) is 0 Å². The van der Waals surface area contributed by atoms with Gasteiger partial charge in [-0.2, -0.15) is 0 Å². The number of benzene rings is 4. The number of hydrogen-bond acceptors (Lipinski definition) is 6. The molecule has 4 aromatic rings. The monoisotopic (exact) mass is 604 g/mol. The quantitative estimate of drug-likeness (QED) is 0.154. The molecule has 1 aliphatic heterocycles. The predicted octanol–water partition coefficient (Wildman–Crippen LogP) is 7.68. The zero-order chi connectivity index (χ0) is 25.4. The first kappa shape index (κ1) is 23.7. The van der Waals surface area contributed by atoms with Gasteiger partial charge in [-0.3, -0.25) is 20.2 Å². The summed E-state index contributed by atoms with van der Waals surface area (Å²) in [6.07, 6.45) is 0. The van der Waals surface area contributed by atoms with Crippen molar-refractivity contribution in [1.82, 2.24) is 0 Å². The molecule has 0 aliphatic carbocycles.